The number of nitrogens with one attached hydrogen (secondary N) is 1. The van der Waals surface area contributed by atoms with E-state index >= 15 is 0 Å². The fraction of sp³-hybridized carbons (Fsp3) is 0.250. The predicted octanol–water partition coefficient (Wildman–Crippen LogP) is 3.49. The molecule has 0 saturated heterocycles. The average molecular weight is 455 g/mol. The lowest BCUT2D eigenvalue weighted by atomic mass is 10.1. The molecular formula is C24H26N2O5S. The number of esters is 1. The summed E-state index contributed by atoms with van der Waals surface area (Å²) in [5.41, 5.74) is 3.40. The topological polar surface area (TPSA) is 94.5 Å². The van der Waals surface area contributed by atoms with Crippen molar-refractivity contribution in [1.29, 1.82) is 0 Å². The van der Waals surface area contributed by atoms with Crippen LogP contribution in [-0.4, -0.2) is 37.9 Å². The van der Waals surface area contributed by atoms with Gasteiger partial charge in [-0.3, -0.25) is 4.79 Å². The van der Waals surface area contributed by atoms with Gasteiger partial charge < -0.3 is 9.30 Å². The second-order valence-electron chi connectivity index (χ2n) is 7.39. The first-order valence-corrected chi connectivity index (χ1v) is 11.7. The number of aryl methyl sites for hydroxylation is 1. The summed E-state index contributed by atoms with van der Waals surface area (Å²) >= 11 is 0. The van der Waals surface area contributed by atoms with Gasteiger partial charge in [0.25, 0.3) is 0 Å². The Labute approximate surface area is 188 Å². The summed E-state index contributed by atoms with van der Waals surface area (Å²) in [6.07, 6.45) is 0. The van der Waals surface area contributed by atoms with Crippen molar-refractivity contribution in [3.8, 4) is 0 Å². The lowest BCUT2D eigenvalue weighted by Crippen LogP contribution is -2.23. The van der Waals surface area contributed by atoms with Gasteiger partial charge in [-0.15, -0.1) is 0 Å². The molecule has 1 N–H and O–H groups in total. The van der Waals surface area contributed by atoms with Crippen molar-refractivity contribution in [2.75, 3.05) is 13.2 Å². The van der Waals surface area contributed by atoms with Crippen LogP contribution < -0.4 is 4.72 Å². The average Bonchev–Trinajstić information content (AvgIpc) is 3.06. The molecule has 7 nitrogen and oxygen atoms in total. The van der Waals surface area contributed by atoms with E-state index in [0.29, 0.717) is 12.1 Å². The molecular weight excluding hydrogens is 428 g/mol. The molecule has 0 amide bonds. The van der Waals surface area contributed by atoms with E-state index in [0.717, 1.165) is 17.0 Å². The Bertz CT molecular complexity index is 1230. The van der Waals surface area contributed by atoms with Gasteiger partial charge in [0.2, 0.25) is 15.8 Å². The molecule has 0 spiro atoms. The molecule has 8 heteroatoms. The largest absolute Gasteiger partial charge is 0.454 e. The number of carbonyl (C=O) groups is 2. The third-order valence-electron chi connectivity index (χ3n) is 5.11. The SMILES string of the molecule is CCNS(=O)(=O)c1cccc(C(=O)OCC(=O)c2cc(C)n(Cc3ccccc3)c2C)c1. The van der Waals surface area contributed by atoms with Crippen molar-refractivity contribution in [1.82, 2.24) is 9.29 Å². The Morgan fingerprint density at radius 2 is 1.72 bits per heavy atom. The van der Waals surface area contributed by atoms with Gasteiger partial charge in [-0.2, -0.15) is 0 Å². The lowest BCUT2D eigenvalue weighted by Gasteiger charge is -2.10. The molecule has 0 bridgehead atoms. The van der Waals surface area contributed by atoms with Crippen molar-refractivity contribution in [3.05, 3.63) is 88.7 Å². The lowest BCUT2D eigenvalue weighted by molar-refractivity contribution is 0.0474. The summed E-state index contributed by atoms with van der Waals surface area (Å²) in [4.78, 5) is 25.1. The van der Waals surface area contributed by atoms with Gasteiger partial charge in [0, 0.05) is 30.0 Å². The van der Waals surface area contributed by atoms with E-state index in [4.69, 9.17) is 4.74 Å². The monoisotopic (exact) mass is 454 g/mol. The third kappa shape index (κ3) is 5.33. The van der Waals surface area contributed by atoms with Gasteiger partial charge in [-0.1, -0.05) is 43.3 Å². The molecule has 1 heterocycles. The van der Waals surface area contributed by atoms with E-state index in [1.807, 2.05) is 48.7 Å². The Hall–Kier alpha value is -3.23. The summed E-state index contributed by atoms with van der Waals surface area (Å²) in [5.74, 6) is -1.08. The summed E-state index contributed by atoms with van der Waals surface area (Å²) < 4.78 is 33.9. The highest BCUT2D eigenvalue weighted by Crippen LogP contribution is 2.18. The minimum Gasteiger partial charge on any atom is -0.454 e. The number of rotatable bonds is 9. The summed E-state index contributed by atoms with van der Waals surface area (Å²) in [6, 6.07) is 17.2. The van der Waals surface area contributed by atoms with E-state index in [9.17, 15) is 18.0 Å². The first-order valence-electron chi connectivity index (χ1n) is 10.2. The van der Waals surface area contributed by atoms with Gasteiger partial charge in [-0.25, -0.2) is 17.9 Å². The van der Waals surface area contributed by atoms with Crippen molar-refractivity contribution in [2.45, 2.75) is 32.2 Å². The number of aromatic nitrogens is 1. The van der Waals surface area contributed by atoms with Crippen LogP contribution in [0.2, 0.25) is 0 Å². The van der Waals surface area contributed by atoms with Crippen LogP contribution in [0.25, 0.3) is 0 Å². The van der Waals surface area contributed by atoms with Crippen LogP contribution in [0.5, 0.6) is 0 Å². The molecule has 3 rings (SSSR count). The van der Waals surface area contributed by atoms with Crippen molar-refractivity contribution in [3.63, 3.8) is 0 Å². The van der Waals surface area contributed by atoms with Crippen LogP contribution >= 0.6 is 0 Å². The maximum absolute atomic E-state index is 12.7. The van der Waals surface area contributed by atoms with Gasteiger partial charge in [-0.05, 0) is 43.7 Å². The normalized spacial score (nSPS) is 11.3. The number of ether oxygens (including phenoxy) is 1. The Kier molecular flexibility index (Phi) is 7.27. The first kappa shape index (κ1) is 23.4. The zero-order valence-corrected chi connectivity index (χ0v) is 19.1. The standard InChI is InChI=1S/C24H26N2O5S/c1-4-25-32(29,30)21-12-8-11-20(14-21)24(28)31-16-23(27)22-13-17(2)26(18(22)3)15-19-9-6-5-7-10-19/h5-14,25H,4,15-16H2,1-3H3. The molecule has 0 unspecified atom stereocenters. The maximum atomic E-state index is 12.7. The second kappa shape index (κ2) is 9.93. The summed E-state index contributed by atoms with van der Waals surface area (Å²) in [6.45, 7) is 5.89. The Morgan fingerprint density at radius 3 is 2.41 bits per heavy atom. The molecule has 168 valence electrons. The molecule has 2 aromatic carbocycles. The minimum absolute atomic E-state index is 0.0374. The van der Waals surface area contributed by atoms with Crippen LogP contribution in [0.3, 0.4) is 0 Å². The van der Waals surface area contributed by atoms with Crippen molar-refractivity contribution < 1.29 is 22.7 Å². The molecule has 0 aliphatic carbocycles. The van der Waals surface area contributed by atoms with E-state index in [2.05, 4.69) is 4.72 Å². The van der Waals surface area contributed by atoms with E-state index in [1.54, 1.807) is 13.0 Å². The first-order chi connectivity index (χ1) is 15.2. The number of hydrogen-bond donors (Lipinski definition) is 1. The Balaban J connectivity index is 1.70. The van der Waals surface area contributed by atoms with E-state index < -0.39 is 22.6 Å². The highest BCUT2D eigenvalue weighted by molar-refractivity contribution is 7.89. The number of nitrogens with zero attached hydrogens (tertiary/aromatic N) is 1. The highest BCUT2D eigenvalue weighted by atomic mass is 32.2. The molecule has 0 aliphatic rings. The zero-order chi connectivity index (χ0) is 23.3. The van der Waals surface area contributed by atoms with E-state index in [1.165, 1.54) is 24.3 Å². The smallest absolute Gasteiger partial charge is 0.338 e. The van der Waals surface area contributed by atoms with Crippen molar-refractivity contribution >= 4 is 21.8 Å². The van der Waals surface area contributed by atoms with Crippen LogP contribution in [0, 0.1) is 13.8 Å². The molecule has 0 aliphatic heterocycles. The quantitative estimate of drug-likeness (QED) is 0.395. The van der Waals surface area contributed by atoms with Gasteiger partial charge in [0.15, 0.2) is 6.61 Å². The number of benzene rings is 2. The number of Topliss-reactive ketones (excluding diaryl/α,β-unsaturated/α-hetero) is 1. The second-order valence-corrected chi connectivity index (χ2v) is 9.15. The molecule has 32 heavy (non-hydrogen) atoms. The molecule has 0 radical (unpaired) electrons. The minimum atomic E-state index is -3.70. The molecule has 0 fully saturated rings. The van der Waals surface area contributed by atoms with Crippen LogP contribution in [-0.2, 0) is 21.3 Å². The number of sulfonamides is 1. The molecule has 1 aromatic heterocycles. The number of ketones is 1. The fourth-order valence-electron chi connectivity index (χ4n) is 3.45. The maximum Gasteiger partial charge on any atom is 0.338 e. The fourth-order valence-corrected chi connectivity index (χ4v) is 4.54. The zero-order valence-electron chi connectivity index (χ0n) is 18.3. The summed E-state index contributed by atoms with van der Waals surface area (Å²) in [7, 11) is -3.70. The van der Waals surface area contributed by atoms with E-state index in [-0.39, 0.29) is 22.8 Å². The number of hydrogen-bond acceptors (Lipinski definition) is 5. The molecule has 0 atom stereocenters. The summed E-state index contributed by atoms with van der Waals surface area (Å²) in [5, 5.41) is 0. The van der Waals surface area contributed by atoms with Crippen LogP contribution in [0.15, 0.2) is 65.6 Å². The van der Waals surface area contributed by atoms with Crippen LogP contribution in [0.1, 0.15) is 44.6 Å². The number of carbonyl (C=O) groups excluding carboxylic acids is 2. The van der Waals surface area contributed by atoms with Gasteiger partial charge in [0.05, 0.1) is 10.5 Å². The van der Waals surface area contributed by atoms with Crippen molar-refractivity contribution in [2.24, 2.45) is 0 Å². The third-order valence-corrected chi connectivity index (χ3v) is 6.65. The Morgan fingerprint density at radius 1 is 1.00 bits per heavy atom. The predicted molar refractivity (Wildman–Crippen MR) is 121 cm³/mol. The van der Waals surface area contributed by atoms with Crippen LogP contribution in [0.4, 0.5) is 0 Å². The molecule has 0 saturated carbocycles. The highest BCUT2D eigenvalue weighted by Gasteiger charge is 2.19. The van der Waals surface area contributed by atoms with Gasteiger partial charge >= 0.3 is 5.97 Å². The molecule has 3 aromatic rings. The van der Waals surface area contributed by atoms with Gasteiger partial charge in [0.1, 0.15) is 0 Å².